The van der Waals surface area contributed by atoms with Crippen molar-refractivity contribution in [2.45, 2.75) is 25.3 Å². The Morgan fingerprint density at radius 2 is 2.27 bits per heavy atom. The summed E-state index contributed by atoms with van der Waals surface area (Å²) in [6.07, 6.45) is 6.10. The maximum Gasteiger partial charge on any atom is 0.147 e. The Hall–Kier alpha value is -1.83. The molecule has 0 radical (unpaired) electrons. The van der Waals surface area contributed by atoms with Crippen LogP contribution in [0, 0.1) is 11.3 Å². The van der Waals surface area contributed by atoms with Crippen molar-refractivity contribution in [3.05, 3.63) is 12.4 Å². The van der Waals surface area contributed by atoms with E-state index in [1.807, 2.05) is 0 Å². The molecular weight excluding hydrogens is 190 g/mol. The lowest BCUT2D eigenvalue weighted by Crippen LogP contribution is -2.27. The third-order valence-electron chi connectivity index (χ3n) is 2.40. The molecule has 1 saturated carbocycles. The maximum atomic E-state index is 8.58. The largest absolute Gasteiger partial charge is 0.382 e. The van der Waals surface area contributed by atoms with Gasteiger partial charge in [-0.1, -0.05) is 0 Å². The number of aromatic nitrogens is 2. The predicted octanol–water partition coefficient (Wildman–Crippen LogP) is 0.941. The van der Waals surface area contributed by atoms with Gasteiger partial charge in [-0.25, -0.2) is 9.97 Å². The maximum absolute atomic E-state index is 8.58. The first-order valence-corrected chi connectivity index (χ1v) is 5.02. The van der Waals surface area contributed by atoms with Gasteiger partial charge in [0.1, 0.15) is 11.6 Å². The normalized spacial score (nSPS) is 14.6. The molecule has 2 rings (SSSR count). The number of nitrogen functional groups attached to an aromatic ring is 1. The molecule has 0 bridgehead atoms. The molecule has 1 aliphatic rings. The Labute approximate surface area is 88.5 Å². The monoisotopic (exact) mass is 203 g/mol. The SMILES string of the molecule is N#CCCN(c1cnc(N)cn1)C1CC1. The fraction of sp³-hybridized carbons (Fsp3) is 0.500. The van der Waals surface area contributed by atoms with Crippen LogP contribution in [0.3, 0.4) is 0 Å². The molecule has 1 heterocycles. The van der Waals surface area contributed by atoms with Gasteiger partial charge >= 0.3 is 0 Å². The summed E-state index contributed by atoms with van der Waals surface area (Å²) in [6.45, 7) is 0.722. The van der Waals surface area contributed by atoms with Crippen molar-refractivity contribution in [1.29, 1.82) is 5.26 Å². The summed E-state index contributed by atoms with van der Waals surface area (Å²) >= 11 is 0. The summed E-state index contributed by atoms with van der Waals surface area (Å²) in [4.78, 5) is 10.4. The van der Waals surface area contributed by atoms with E-state index in [1.165, 1.54) is 12.8 Å². The highest BCUT2D eigenvalue weighted by atomic mass is 15.2. The Bertz CT molecular complexity index is 362. The lowest BCUT2D eigenvalue weighted by molar-refractivity contribution is 0.775. The number of nitrogens with zero attached hydrogens (tertiary/aromatic N) is 4. The summed E-state index contributed by atoms with van der Waals surface area (Å²) in [6, 6.07) is 2.69. The van der Waals surface area contributed by atoms with Gasteiger partial charge in [0.2, 0.25) is 0 Å². The third kappa shape index (κ3) is 2.34. The van der Waals surface area contributed by atoms with Crippen LogP contribution in [0.4, 0.5) is 11.6 Å². The number of nitriles is 1. The van der Waals surface area contributed by atoms with Gasteiger partial charge in [0, 0.05) is 12.6 Å². The van der Waals surface area contributed by atoms with Gasteiger partial charge < -0.3 is 10.6 Å². The van der Waals surface area contributed by atoms with Crippen LogP contribution in [-0.2, 0) is 0 Å². The first-order valence-electron chi connectivity index (χ1n) is 5.02. The van der Waals surface area contributed by atoms with Crippen LogP contribution in [0.25, 0.3) is 0 Å². The van der Waals surface area contributed by atoms with E-state index in [1.54, 1.807) is 12.4 Å². The summed E-state index contributed by atoms with van der Waals surface area (Å²) in [7, 11) is 0. The van der Waals surface area contributed by atoms with Gasteiger partial charge in [-0.15, -0.1) is 0 Å². The molecule has 0 aliphatic heterocycles. The van der Waals surface area contributed by atoms with Crippen LogP contribution in [0.2, 0.25) is 0 Å². The van der Waals surface area contributed by atoms with Crippen LogP contribution in [0.15, 0.2) is 12.4 Å². The van der Waals surface area contributed by atoms with E-state index >= 15 is 0 Å². The molecule has 5 heteroatoms. The fourth-order valence-corrected chi connectivity index (χ4v) is 1.52. The zero-order chi connectivity index (χ0) is 10.7. The molecule has 1 aliphatic carbocycles. The summed E-state index contributed by atoms with van der Waals surface area (Å²) in [5, 5.41) is 8.58. The van der Waals surface area contributed by atoms with Crippen molar-refractivity contribution in [3.8, 4) is 6.07 Å². The minimum atomic E-state index is 0.426. The van der Waals surface area contributed by atoms with Gasteiger partial charge in [-0.3, -0.25) is 0 Å². The molecule has 0 unspecified atom stereocenters. The number of rotatable bonds is 4. The quantitative estimate of drug-likeness (QED) is 0.787. The van der Waals surface area contributed by atoms with Crippen molar-refractivity contribution < 1.29 is 0 Å². The molecule has 0 amide bonds. The molecule has 1 aromatic rings. The average Bonchev–Trinajstić information content (AvgIpc) is 3.05. The van der Waals surface area contributed by atoms with E-state index < -0.39 is 0 Å². The van der Waals surface area contributed by atoms with Gasteiger partial charge in [0.05, 0.1) is 24.9 Å². The number of hydrogen-bond donors (Lipinski definition) is 1. The topological polar surface area (TPSA) is 78.8 Å². The van der Waals surface area contributed by atoms with Crippen molar-refractivity contribution in [3.63, 3.8) is 0 Å². The smallest absolute Gasteiger partial charge is 0.147 e. The van der Waals surface area contributed by atoms with Gasteiger partial charge in [-0.05, 0) is 12.8 Å². The Balaban J connectivity index is 2.10. The molecular formula is C10H13N5. The number of anilines is 2. The second kappa shape index (κ2) is 4.13. The van der Waals surface area contributed by atoms with Crippen LogP contribution >= 0.6 is 0 Å². The van der Waals surface area contributed by atoms with Crippen molar-refractivity contribution >= 4 is 11.6 Å². The zero-order valence-electron chi connectivity index (χ0n) is 8.43. The highest BCUT2D eigenvalue weighted by Gasteiger charge is 2.29. The number of hydrogen-bond acceptors (Lipinski definition) is 5. The first kappa shape index (κ1) is 9.71. The minimum absolute atomic E-state index is 0.426. The van der Waals surface area contributed by atoms with Crippen molar-refractivity contribution in [1.82, 2.24) is 9.97 Å². The van der Waals surface area contributed by atoms with Crippen LogP contribution in [-0.4, -0.2) is 22.6 Å². The summed E-state index contributed by atoms with van der Waals surface area (Å²) in [5.41, 5.74) is 5.47. The molecule has 0 saturated heterocycles. The average molecular weight is 203 g/mol. The highest BCUT2D eigenvalue weighted by molar-refractivity contribution is 5.42. The van der Waals surface area contributed by atoms with E-state index in [0.29, 0.717) is 18.3 Å². The van der Waals surface area contributed by atoms with Crippen molar-refractivity contribution in [2.75, 3.05) is 17.2 Å². The molecule has 2 N–H and O–H groups in total. The molecule has 1 aromatic heterocycles. The third-order valence-corrected chi connectivity index (χ3v) is 2.40. The molecule has 0 spiro atoms. The molecule has 0 atom stereocenters. The fourth-order valence-electron chi connectivity index (χ4n) is 1.52. The standard InChI is InChI=1S/C10H13N5/c11-4-1-5-15(8-2-3-8)10-7-13-9(12)6-14-10/h6-8H,1-3,5H2,(H2,12,13). The lowest BCUT2D eigenvalue weighted by Gasteiger charge is -2.21. The molecule has 78 valence electrons. The summed E-state index contributed by atoms with van der Waals surface area (Å²) in [5.74, 6) is 1.25. The molecule has 1 fully saturated rings. The lowest BCUT2D eigenvalue weighted by atomic mass is 10.4. The molecule has 5 nitrogen and oxygen atoms in total. The van der Waals surface area contributed by atoms with Crippen LogP contribution < -0.4 is 10.6 Å². The van der Waals surface area contributed by atoms with Gasteiger partial charge in [0.25, 0.3) is 0 Å². The Kier molecular flexibility index (Phi) is 2.68. The van der Waals surface area contributed by atoms with Gasteiger partial charge in [-0.2, -0.15) is 5.26 Å². The second-order valence-corrected chi connectivity index (χ2v) is 3.63. The van der Waals surface area contributed by atoms with Crippen molar-refractivity contribution in [2.24, 2.45) is 0 Å². The molecule has 15 heavy (non-hydrogen) atoms. The van der Waals surface area contributed by atoms with E-state index in [9.17, 15) is 0 Å². The van der Waals surface area contributed by atoms with E-state index in [4.69, 9.17) is 11.0 Å². The summed E-state index contributed by atoms with van der Waals surface area (Å²) < 4.78 is 0. The number of nitrogens with two attached hydrogens (primary N) is 1. The van der Waals surface area contributed by atoms with E-state index in [0.717, 1.165) is 12.4 Å². The Morgan fingerprint density at radius 1 is 1.47 bits per heavy atom. The van der Waals surface area contributed by atoms with Gasteiger partial charge in [0.15, 0.2) is 0 Å². The Morgan fingerprint density at radius 3 is 2.80 bits per heavy atom. The zero-order valence-corrected chi connectivity index (χ0v) is 8.43. The highest BCUT2D eigenvalue weighted by Crippen LogP contribution is 2.30. The van der Waals surface area contributed by atoms with Crippen LogP contribution in [0.5, 0.6) is 0 Å². The second-order valence-electron chi connectivity index (χ2n) is 3.63. The minimum Gasteiger partial charge on any atom is -0.382 e. The predicted molar refractivity (Wildman–Crippen MR) is 57.0 cm³/mol. The van der Waals surface area contributed by atoms with Crippen LogP contribution in [0.1, 0.15) is 19.3 Å². The first-order chi connectivity index (χ1) is 7.31. The van der Waals surface area contributed by atoms with E-state index in [2.05, 4.69) is 20.9 Å². The van der Waals surface area contributed by atoms with E-state index in [-0.39, 0.29) is 0 Å². The molecule has 0 aromatic carbocycles.